The third kappa shape index (κ3) is 4.19. The normalized spacial score (nSPS) is 17.2. The molecule has 0 fully saturated rings. The first-order chi connectivity index (χ1) is 16.3. The monoisotopic (exact) mass is 556 g/mol. The predicted octanol–water partition coefficient (Wildman–Crippen LogP) is 6.56. The van der Waals surface area contributed by atoms with Crippen molar-refractivity contribution >= 4 is 56.7 Å². The van der Waals surface area contributed by atoms with E-state index < -0.39 is 5.54 Å². The van der Waals surface area contributed by atoms with Crippen LogP contribution in [0.5, 0.6) is 6.01 Å². The molecule has 1 atom stereocenters. The average molecular weight is 558 g/mol. The molecule has 1 aromatic heterocycles. The van der Waals surface area contributed by atoms with Crippen molar-refractivity contribution in [3.63, 3.8) is 0 Å². The molecule has 0 radical (unpaired) electrons. The molecule has 4 aromatic rings. The highest BCUT2D eigenvalue weighted by Gasteiger charge is 2.51. The van der Waals surface area contributed by atoms with E-state index >= 15 is 0 Å². The van der Waals surface area contributed by atoms with Crippen LogP contribution < -0.4 is 9.64 Å². The number of ether oxygens (including phenoxy) is 1. The van der Waals surface area contributed by atoms with E-state index in [1.165, 1.54) is 4.90 Å². The zero-order chi connectivity index (χ0) is 23.9. The number of carbonyl (C=O) groups is 1. The fraction of sp³-hybridized carbons (Fsp3) is 0.160. The summed E-state index contributed by atoms with van der Waals surface area (Å²) in [4.78, 5) is 15.5. The van der Waals surface area contributed by atoms with Crippen LogP contribution >= 0.6 is 39.1 Å². The van der Waals surface area contributed by atoms with Crippen LogP contribution in [-0.4, -0.2) is 20.7 Å². The molecule has 0 bridgehead atoms. The molecule has 2 heterocycles. The summed E-state index contributed by atoms with van der Waals surface area (Å²) in [5, 5.41) is 9.45. The topological polar surface area (TPSA) is 60.3 Å². The summed E-state index contributed by atoms with van der Waals surface area (Å²) in [5.74, 6) is 0.175. The van der Waals surface area contributed by atoms with Gasteiger partial charge in [-0.15, -0.1) is 5.10 Å². The maximum Gasteiger partial charge on any atom is 0.319 e. The van der Waals surface area contributed by atoms with E-state index in [9.17, 15) is 4.79 Å². The standard InChI is InChI=1S/C25H19BrCl2N4O2/c1-25(14-16-7-9-18(26)10-8-16)22(33)31(21-12-19(27)11-20(28)13-21)23-29-30-24(32(23)25)34-15-17-5-3-2-4-6-17/h2-13H,14-15H2,1H3. The predicted molar refractivity (Wildman–Crippen MR) is 136 cm³/mol. The number of hydrogen-bond donors (Lipinski definition) is 0. The minimum absolute atomic E-state index is 0.178. The molecule has 0 spiro atoms. The van der Waals surface area contributed by atoms with Crippen LogP contribution in [0, 0.1) is 0 Å². The molecule has 0 aliphatic carbocycles. The summed E-state index contributed by atoms with van der Waals surface area (Å²) >= 11 is 16.0. The fourth-order valence-electron chi connectivity index (χ4n) is 4.14. The van der Waals surface area contributed by atoms with Crippen molar-refractivity contribution in [1.82, 2.24) is 14.8 Å². The van der Waals surface area contributed by atoms with Gasteiger partial charge in [0.25, 0.3) is 5.91 Å². The summed E-state index contributed by atoms with van der Waals surface area (Å²) < 4.78 is 8.78. The van der Waals surface area contributed by atoms with Crippen molar-refractivity contribution in [1.29, 1.82) is 0 Å². The average Bonchev–Trinajstić information content (AvgIpc) is 3.31. The molecular formula is C25H19BrCl2N4O2. The Labute approximate surface area is 215 Å². The first-order valence-electron chi connectivity index (χ1n) is 10.5. The molecule has 0 saturated carbocycles. The van der Waals surface area contributed by atoms with Gasteiger partial charge in [-0.3, -0.25) is 4.79 Å². The Hall–Kier alpha value is -2.87. The largest absolute Gasteiger partial charge is 0.459 e. The molecule has 34 heavy (non-hydrogen) atoms. The van der Waals surface area contributed by atoms with E-state index in [-0.39, 0.29) is 11.9 Å². The lowest BCUT2D eigenvalue weighted by Gasteiger charge is -2.26. The van der Waals surface area contributed by atoms with Crippen LogP contribution in [0.2, 0.25) is 10.0 Å². The number of halogens is 3. The van der Waals surface area contributed by atoms with Gasteiger partial charge in [-0.2, -0.15) is 0 Å². The van der Waals surface area contributed by atoms with E-state index in [4.69, 9.17) is 27.9 Å². The minimum Gasteiger partial charge on any atom is -0.459 e. The molecule has 6 nitrogen and oxygen atoms in total. The van der Waals surface area contributed by atoms with E-state index in [2.05, 4.69) is 26.1 Å². The maximum absolute atomic E-state index is 14.0. The maximum atomic E-state index is 14.0. The summed E-state index contributed by atoms with van der Waals surface area (Å²) in [6, 6.07) is 22.9. The lowest BCUT2D eigenvalue weighted by atomic mass is 9.92. The molecule has 1 amide bonds. The van der Waals surface area contributed by atoms with Crippen molar-refractivity contribution in [2.75, 3.05) is 4.90 Å². The quantitative estimate of drug-likeness (QED) is 0.269. The van der Waals surface area contributed by atoms with Crippen LogP contribution in [0.15, 0.2) is 77.3 Å². The van der Waals surface area contributed by atoms with E-state index in [1.54, 1.807) is 22.8 Å². The summed E-state index contributed by atoms with van der Waals surface area (Å²) in [6.07, 6.45) is 0.413. The molecule has 3 aromatic carbocycles. The van der Waals surface area contributed by atoms with Gasteiger partial charge in [0.15, 0.2) is 0 Å². The van der Waals surface area contributed by atoms with Gasteiger partial charge >= 0.3 is 6.01 Å². The molecule has 9 heteroatoms. The Morgan fingerprint density at radius 2 is 1.62 bits per heavy atom. The first kappa shape index (κ1) is 22.9. The van der Waals surface area contributed by atoms with Crippen molar-refractivity contribution in [3.8, 4) is 6.01 Å². The zero-order valence-corrected chi connectivity index (χ0v) is 21.2. The molecular weight excluding hydrogens is 539 g/mol. The second-order valence-electron chi connectivity index (χ2n) is 8.24. The number of benzene rings is 3. The molecule has 1 aliphatic heterocycles. The van der Waals surface area contributed by atoms with Crippen LogP contribution in [0.1, 0.15) is 18.1 Å². The van der Waals surface area contributed by atoms with Gasteiger partial charge in [-0.1, -0.05) is 86.7 Å². The molecule has 5 rings (SSSR count). The highest BCUT2D eigenvalue weighted by atomic mass is 79.9. The van der Waals surface area contributed by atoms with Gasteiger partial charge in [0.1, 0.15) is 12.1 Å². The number of anilines is 2. The Kier molecular flexibility index (Phi) is 6.10. The Balaban J connectivity index is 1.58. The summed E-state index contributed by atoms with van der Waals surface area (Å²) in [6.45, 7) is 2.16. The number of rotatable bonds is 6. The molecule has 1 unspecified atom stereocenters. The Bertz CT molecular complexity index is 1340. The lowest BCUT2D eigenvalue weighted by molar-refractivity contribution is -0.124. The highest BCUT2D eigenvalue weighted by Crippen LogP contribution is 2.44. The van der Waals surface area contributed by atoms with E-state index in [0.29, 0.717) is 34.7 Å². The van der Waals surface area contributed by atoms with Crippen LogP contribution in [0.25, 0.3) is 0 Å². The van der Waals surface area contributed by atoms with Gasteiger partial charge in [-0.05, 0) is 48.4 Å². The van der Waals surface area contributed by atoms with E-state index in [0.717, 1.165) is 15.6 Å². The van der Waals surface area contributed by atoms with Crippen LogP contribution in [0.4, 0.5) is 11.6 Å². The van der Waals surface area contributed by atoms with Crippen molar-refractivity contribution in [2.24, 2.45) is 0 Å². The smallest absolute Gasteiger partial charge is 0.319 e. The van der Waals surface area contributed by atoms with Gasteiger partial charge < -0.3 is 4.74 Å². The van der Waals surface area contributed by atoms with Crippen LogP contribution in [0.3, 0.4) is 0 Å². The van der Waals surface area contributed by atoms with Crippen molar-refractivity contribution in [2.45, 2.75) is 25.5 Å². The minimum atomic E-state index is -1.03. The SMILES string of the molecule is CC1(Cc2ccc(Br)cc2)C(=O)N(c2cc(Cl)cc(Cl)c2)c2nnc(OCc3ccccc3)n21. The van der Waals surface area contributed by atoms with Gasteiger partial charge in [0, 0.05) is 20.9 Å². The molecule has 1 aliphatic rings. The number of carbonyl (C=O) groups excluding carboxylic acids is 1. The summed E-state index contributed by atoms with van der Waals surface area (Å²) in [5.41, 5.74) is 1.45. The van der Waals surface area contributed by atoms with Crippen molar-refractivity contribution < 1.29 is 9.53 Å². The van der Waals surface area contributed by atoms with Gasteiger partial charge in [-0.25, -0.2) is 9.47 Å². The Morgan fingerprint density at radius 1 is 0.941 bits per heavy atom. The van der Waals surface area contributed by atoms with Crippen LogP contribution in [-0.2, 0) is 23.4 Å². The number of fused-ring (bicyclic) bond motifs is 1. The second-order valence-corrected chi connectivity index (χ2v) is 10.0. The lowest BCUT2D eigenvalue weighted by Crippen LogP contribution is -2.41. The number of amides is 1. The second kappa shape index (κ2) is 9.06. The summed E-state index contributed by atoms with van der Waals surface area (Å²) in [7, 11) is 0. The molecule has 0 saturated heterocycles. The Morgan fingerprint density at radius 3 is 2.29 bits per heavy atom. The van der Waals surface area contributed by atoms with E-state index in [1.807, 2.05) is 61.5 Å². The highest BCUT2D eigenvalue weighted by molar-refractivity contribution is 9.10. The molecule has 0 N–H and O–H groups in total. The third-order valence-electron chi connectivity index (χ3n) is 5.75. The zero-order valence-electron chi connectivity index (χ0n) is 18.1. The fourth-order valence-corrected chi connectivity index (χ4v) is 4.92. The van der Waals surface area contributed by atoms with Gasteiger partial charge in [0.2, 0.25) is 5.95 Å². The van der Waals surface area contributed by atoms with Gasteiger partial charge in [0.05, 0.1) is 5.69 Å². The first-order valence-corrected chi connectivity index (χ1v) is 12.1. The third-order valence-corrected chi connectivity index (χ3v) is 6.72. The number of hydrogen-bond acceptors (Lipinski definition) is 4. The number of aromatic nitrogens is 3. The molecule has 172 valence electrons. The van der Waals surface area contributed by atoms with Crippen molar-refractivity contribution in [3.05, 3.63) is 98.4 Å². The number of nitrogens with zero attached hydrogens (tertiary/aromatic N) is 4.